The highest BCUT2D eigenvalue weighted by Crippen LogP contribution is 1.96. The van der Waals surface area contributed by atoms with Crippen LogP contribution in [0.1, 0.15) is 5.56 Å². The van der Waals surface area contributed by atoms with E-state index in [4.69, 9.17) is 0 Å². The van der Waals surface area contributed by atoms with Crippen LogP contribution in [0.25, 0.3) is 6.08 Å². The highest BCUT2D eigenvalue weighted by Gasteiger charge is 1.97. The smallest absolute Gasteiger partial charge is 0.308 e. The highest BCUT2D eigenvalue weighted by atomic mass is 28.3. The van der Waals surface area contributed by atoms with E-state index in [0.717, 1.165) is 10.8 Å². The predicted octanol–water partition coefficient (Wildman–Crippen LogP) is 1.54. The Labute approximate surface area is 62.4 Å². The number of halogens is 1. The third-order valence-electron chi connectivity index (χ3n) is 1.28. The summed E-state index contributed by atoms with van der Waals surface area (Å²) in [5.41, 5.74) is 0.892. The molecule has 2 radical (unpaired) electrons. The van der Waals surface area contributed by atoms with Gasteiger partial charge in [0.05, 0.1) is 0 Å². The number of benzene rings is 1. The Bertz CT molecular complexity index is 232. The minimum absolute atomic E-state index is 0.636. The first kappa shape index (κ1) is 7.22. The van der Waals surface area contributed by atoms with E-state index < -0.39 is 9.85 Å². The topological polar surface area (TPSA) is 0 Å². The lowest BCUT2D eigenvalue weighted by Gasteiger charge is -1.96. The van der Waals surface area contributed by atoms with Crippen molar-refractivity contribution >= 4 is 21.1 Å². The molecule has 0 saturated carbocycles. The van der Waals surface area contributed by atoms with E-state index >= 15 is 0 Å². The van der Waals surface area contributed by atoms with E-state index in [1.54, 1.807) is 12.1 Å². The Morgan fingerprint density at radius 2 is 2.10 bits per heavy atom. The van der Waals surface area contributed by atoms with Crippen molar-refractivity contribution in [2.24, 2.45) is 0 Å². The first-order valence-corrected chi connectivity index (χ1v) is 3.84. The number of hydrogen-bond acceptors (Lipinski definition) is 0. The summed E-state index contributed by atoms with van der Waals surface area (Å²) in [7, 11) is -0.636. The molecule has 0 saturated heterocycles. The Hall–Kier alpha value is -0.893. The fourth-order valence-corrected chi connectivity index (χ4v) is 1.21. The number of rotatable bonds is 2. The maximum Gasteiger partial charge on any atom is 0.334 e. The van der Waals surface area contributed by atoms with Gasteiger partial charge in [0, 0.05) is 0 Å². The molecule has 0 aliphatic heterocycles. The Morgan fingerprint density at radius 3 is 2.60 bits per heavy atom. The third kappa shape index (κ3) is 1.33. The molecule has 2 heteroatoms. The fraction of sp³-hybridized carbons (Fsp3) is 0. The molecule has 0 bridgehead atoms. The minimum Gasteiger partial charge on any atom is -0.308 e. The van der Waals surface area contributed by atoms with Gasteiger partial charge in [-0.25, -0.2) is 0 Å². The maximum atomic E-state index is 12.2. The van der Waals surface area contributed by atoms with E-state index in [-0.39, 0.29) is 0 Å². The summed E-state index contributed by atoms with van der Waals surface area (Å²) >= 11 is 0. The molecule has 1 aromatic rings. The Morgan fingerprint density at radius 1 is 1.40 bits per heavy atom. The van der Waals surface area contributed by atoms with Gasteiger partial charge in [0.1, 0.15) is 0 Å². The molecule has 1 aromatic carbocycles. The molecule has 10 heavy (non-hydrogen) atoms. The molecule has 0 unspecified atom stereocenters. The van der Waals surface area contributed by atoms with Crippen LogP contribution >= 0.6 is 0 Å². The van der Waals surface area contributed by atoms with Crippen molar-refractivity contribution in [2.75, 3.05) is 0 Å². The lowest BCUT2D eigenvalue weighted by Crippen LogP contribution is -2.12. The fourth-order valence-electron chi connectivity index (χ4n) is 0.761. The van der Waals surface area contributed by atoms with Gasteiger partial charge in [0.15, 0.2) is 0 Å². The molecule has 0 aliphatic rings. The zero-order valence-electron chi connectivity index (χ0n) is 5.47. The van der Waals surface area contributed by atoms with E-state index in [0.29, 0.717) is 0 Å². The highest BCUT2D eigenvalue weighted by molar-refractivity contribution is 6.47. The lowest BCUT2D eigenvalue weighted by molar-refractivity contribution is 0.884. The van der Waals surface area contributed by atoms with Crippen LogP contribution in [0.2, 0.25) is 0 Å². The van der Waals surface area contributed by atoms with Gasteiger partial charge >= 0.3 is 9.85 Å². The summed E-state index contributed by atoms with van der Waals surface area (Å²) < 4.78 is 12.2. The van der Waals surface area contributed by atoms with Crippen LogP contribution < -0.4 is 5.19 Å². The van der Waals surface area contributed by atoms with Crippen LogP contribution in [-0.2, 0) is 0 Å². The van der Waals surface area contributed by atoms with Crippen LogP contribution in [0, 0.1) is 0 Å². The quantitative estimate of drug-likeness (QED) is 0.443. The van der Waals surface area contributed by atoms with Crippen molar-refractivity contribution in [3.05, 3.63) is 36.4 Å². The van der Waals surface area contributed by atoms with Crippen molar-refractivity contribution in [1.29, 1.82) is 0 Å². The van der Waals surface area contributed by atoms with Crippen LogP contribution in [0.3, 0.4) is 0 Å². The van der Waals surface area contributed by atoms with Crippen molar-refractivity contribution in [3.8, 4) is 0 Å². The molecule has 1 rings (SSSR count). The van der Waals surface area contributed by atoms with Crippen molar-refractivity contribution in [3.63, 3.8) is 0 Å². The summed E-state index contributed by atoms with van der Waals surface area (Å²) in [5, 5.41) is 0.734. The molecule has 0 heterocycles. The molecular weight excluding hydrogens is 143 g/mol. The van der Waals surface area contributed by atoms with Crippen LogP contribution in [0.15, 0.2) is 30.8 Å². The first-order chi connectivity index (χ1) is 4.88. The zero-order valence-corrected chi connectivity index (χ0v) is 6.47. The van der Waals surface area contributed by atoms with E-state index in [2.05, 4.69) is 6.58 Å². The summed E-state index contributed by atoms with van der Waals surface area (Å²) in [6.45, 7) is 3.58. The molecule has 50 valence electrons. The SMILES string of the molecule is C=Cc1ccccc1[Si]F. The van der Waals surface area contributed by atoms with Crippen LogP contribution in [-0.4, -0.2) is 9.85 Å². The van der Waals surface area contributed by atoms with Gasteiger partial charge in [-0.1, -0.05) is 36.9 Å². The Kier molecular flexibility index (Phi) is 2.40. The maximum absolute atomic E-state index is 12.2. The van der Waals surface area contributed by atoms with Gasteiger partial charge in [-0.3, -0.25) is 0 Å². The third-order valence-corrected chi connectivity index (χ3v) is 1.94. The Balaban J connectivity index is 3.08. The summed E-state index contributed by atoms with van der Waals surface area (Å²) in [5.74, 6) is 0. The second kappa shape index (κ2) is 3.32. The van der Waals surface area contributed by atoms with Crippen LogP contribution in [0.5, 0.6) is 0 Å². The average molecular weight is 150 g/mol. The van der Waals surface area contributed by atoms with E-state index in [1.165, 1.54) is 0 Å². The average Bonchev–Trinajstić information content (AvgIpc) is 2.04. The van der Waals surface area contributed by atoms with Crippen molar-refractivity contribution < 1.29 is 4.11 Å². The first-order valence-electron chi connectivity index (χ1n) is 2.96. The predicted molar refractivity (Wildman–Crippen MR) is 43.0 cm³/mol. The van der Waals surface area contributed by atoms with Gasteiger partial charge in [0.2, 0.25) is 0 Å². The van der Waals surface area contributed by atoms with Gasteiger partial charge < -0.3 is 4.11 Å². The molecule has 0 amide bonds. The summed E-state index contributed by atoms with van der Waals surface area (Å²) in [6.07, 6.45) is 1.67. The lowest BCUT2D eigenvalue weighted by atomic mass is 10.2. The van der Waals surface area contributed by atoms with E-state index in [9.17, 15) is 4.11 Å². The second-order valence-corrected chi connectivity index (χ2v) is 2.61. The van der Waals surface area contributed by atoms with Gasteiger partial charge in [-0.15, -0.1) is 0 Å². The minimum atomic E-state index is -0.636. The largest absolute Gasteiger partial charge is 0.334 e. The zero-order chi connectivity index (χ0) is 7.40. The normalized spacial score (nSPS) is 9.30. The molecule has 0 aromatic heterocycles. The standard InChI is InChI=1S/C8H7FSi/c1-2-7-5-3-4-6-8(7)10-9/h2-6H,1H2. The molecule has 0 atom stereocenters. The molecule has 0 aliphatic carbocycles. The van der Waals surface area contributed by atoms with Crippen LogP contribution in [0.4, 0.5) is 4.11 Å². The van der Waals surface area contributed by atoms with E-state index in [1.807, 2.05) is 18.2 Å². The molecule has 0 fully saturated rings. The second-order valence-electron chi connectivity index (χ2n) is 1.89. The molecule has 0 N–H and O–H groups in total. The molecule has 0 spiro atoms. The van der Waals surface area contributed by atoms with Gasteiger partial charge in [0.25, 0.3) is 0 Å². The summed E-state index contributed by atoms with van der Waals surface area (Å²) in [6, 6.07) is 7.33. The van der Waals surface area contributed by atoms with Crippen molar-refractivity contribution in [2.45, 2.75) is 0 Å². The van der Waals surface area contributed by atoms with Crippen molar-refractivity contribution in [1.82, 2.24) is 0 Å². The summed E-state index contributed by atoms with van der Waals surface area (Å²) in [4.78, 5) is 0. The number of hydrogen-bond donors (Lipinski definition) is 0. The monoisotopic (exact) mass is 150 g/mol. The van der Waals surface area contributed by atoms with Gasteiger partial charge in [-0.05, 0) is 10.8 Å². The molecular formula is C8H7FSi. The molecule has 0 nitrogen and oxygen atoms in total. The van der Waals surface area contributed by atoms with Gasteiger partial charge in [-0.2, -0.15) is 0 Å².